The van der Waals surface area contributed by atoms with E-state index in [-0.39, 0.29) is 18.0 Å². The third kappa shape index (κ3) is 6.39. The van der Waals surface area contributed by atoms with E-state index in [1.807, 2.05) is 67.5 Å². The number of carbonyl (C=O) groups is 2. The molecular formula is C33H37N7O3. The molecule has 222 valence electrons. The number of benzene rings is 2. The molecule has 6 rings (SSSR count). The first-order valence-electron chi connectivity index (χ1n) is 14.9. The van der Waals surface area contributed by atoms with Gasteiger partial charge in [0.1, 0.15) is 0 Å². The van der Waals surface area contributed by atoms with Crippen LogP contribution in [-0.2, 0) is 11.3 Å². The van der Waals surface area contributed by atoms with Crippen molar-refractivity contribution in [1.29, 1.82) is 0 Å². The van der Waals surface area contributed by atoms with Crippen LogP contribution in [0.5, 0.6) is 0 Å². The van der Waals surface area contributed by atoms with Crippen molar-refractivity contribution in [3.63, 3.8) is 0 Å². The molecule has 0 spiro atoms. The molecule has 0 bridgehead atoms. The summed E-state index contributed by atoms with van der Waals surface area (Å²) in [6.07, 6.45) is 5.32. The second-order valence-electron chi connectivity index (χ2n) is 11.0. The molecule has 2 aromatic carbocycles. The summed E-state index contributed by atoms with van der Waals surface area (Å²) in [4.78, 5) is 36.1. The molecule has 4 aromatic rings. The Morgan fingerprint density at radius 1 is 1.05 bits per heavy atom. The molecule has 10 nitrogen and oxygen atoms in total. The highest BCUT2D eigenvalue weighted by molar-refractivity contribution is 5.94. The molecule has 4 heterocycles. The lowest BCUT2D eigenvalue weighted by molar-refractivity contribution is 0.0734. The van der Waals surface area contributed by atoms with Gasteiger partial charge in [0, 0.05) is 68.8 Å². The average molecular weight is 580 g/mol. The van der Waals surface area contributed by atoms with E-state index in [0.29, 0.717) is 37.6 Å². The van der Waals surface area contributed by atoms with E-state index >= 15 is 0 Å². The van der Waals surface area contributed by atoms with Gasteiger partial charge in [-0.1, -0.05) is 36.4 Å². The van der Waals surface area contributed by atoms with Crippen LogP contribution in [0.2, 0.25) is 0 Å². The van der Waals surface area contributed by atoms with Gasteiger partial charge >= 0.3 is 6.09 Å². The first-order valence-corrected chi connectivity index (χ1v) is 14.9. The highest BCUT2D eigenvalue weighted by Gasteiger charge is 2.29. The largest absolute Gasteiger partial charge is 0.450 e. The molecule has 1 saturated heterocycles. The van der Waals surface area contributed by atoms with E-state index in [1.165, 1.54) is 5.56 Å². The number of nitrogens with zero attached hydrogens (tertiary/aromatic N) is 6. The molecule has 1 atom stereocenters. The molecule has 1 fully saturated rings. The Hall–Kier alpha value is -4.70. The fourth-order valence-corrected chi connectivity index (χ4v) is 5.81. The number of hydrogen-bond donors (Lipinski definition) is 1. The minimum Gasteiger partial charge on any atom is -0.450 e. The SMILES string of the molecule is CCOC(=O)N1CC=C(c2cccn3nc(Nc4ccc(C(=O)N(C)C5CCN(Cc6ccccc6)C5)cc4)nc23)CC1. The van der Waals surface area contributed by atoms with Crippen molar-refractivity contribution in [2.75, 3.05) is 45.2 Å². The Morgan fingerprint density at radius 2 is 1.86 bits per heavy atom. The van der Waals surface area contributed by atoms with Crippen molar-refractivity contribution >= 4 is 34.9 Å². The number of amides is 2. The van der Waals surface area contributed by atoms with E-state index in [2.05, 4.69) is 45.7 Å². The Morgan fingerprint density at radius 3 is 2.60 bits per heavy atom. The predicted octanol–water partition coefficient (Wildman–Crippen LogP) is 5.07. The van der Waals surface area contributed by atoms with Gasteiger partial charge in [-0.3, -0.25) is 9.69 Å². The highest BCUT2D eigenvalue weighted by atomic mass is 16.6. The zero-order valence-corrected chi connectivity index (χ0v) is 24.6. The number of likely N-dealkylation sites (tertiary alicyclic amines) is 1. The number of pyridine rings is 1. The molecule has 43 heavy (non-hydrogen) atoms. The number of likely N-dealkylation sites (N-methyl/N-ethyl adjacent to an activating group) is 1. The van der Waals surface area contributed by atoms with Gasteiger partial charge in [-0.25, -0.2) is 9.31 Å². The minimum atomic E-state index is -0.284. The van der Waals surface area contributed by atoms with Gasteiger partial charge in [-0.2, -0.15) is 4.98 Å². The van der Waals surface area contributed by atoms with Crippen molar-refractivity contribution in [3.8, 4) is 0 Å². The number of fused-ring (bicyclic) bond motifs is 1. The van der Waals surface area contributed by atoms with E-state index in [1.54, 1.807) is 9.42 Å². The fraction of sp³-hybridized carbons (Fsp3) is 0.333. The van der Waals surface area contributed by atoms with E-state index < -0.39 is 0 Å². The van der Waals surface area contributed by atoms with E-state index in [0.717, 1.165) is 48.5 Å². The first-order chi connectivity index (χ1) is 21.0. The molecule has 2 amide bonds. The van der Waals surface area contributed by atoms with Gasteiger partial charge in [0.25, 0.3) is 5.91 Å². The second-order valence-corrected chi connectivity index (χ2v) is 11.0. The molecule has 2 aromatic heterocycles. The number of aromatic nitrogens is 3. The lowest BCUT2D eigenvalue weighted by Gasteiger charge is -2.25. The van der Waals surface area contributed by atoms with Gasteiger partial charge in [-0.15, -0.1) is 5.10 Å². The van der Waals surface area contributed by atoms with Gasteiger partial charge in [0.05, 0.1) is 6.61 Å². The number of rotatable bonds is 8. The summed E-state index contributed by atoms with van der Waals surface area (Å²) in [5.74, 6) is 0.494. The van der Waals surface area contributed by atoms with Crippen LogP contribution in [0.15, 0.2) is 79.0 Å². The summed E-state index contributed by atoms with van der Waals surface area (Å²) in [7, 11) is 1.90. The van der Waals surface area contributed by atoms with E-state index in [9.17, 15) is 9.59 Å². The Labute approximate surface area is 251 Å². The average Bonchev–Trinajstić information content (AvgIpc) is 3.68. The normalized spacial score (nSPS) is 17.1. The van der Waals surface area contributed by atoms with Crippen LogP contribution in [0.1, 0.15) is 41.3 Å². The molecule has 1 unspecified atom stereocenters. The summed E-state index contributed by atoms with van der Waals surface area (Å²) >= 11 is 0. The van der Waals surface area contributed by atoms with Crippen LogP contribution >= 0.6 is 0 Å². The second kappa shape index (κ2) is 12.7. The number of ether oxygens (including phenoxy) is 1. The van der Waals surface area contributed by atoms with E-state index in [4.69, 9.17) is 9.72 Å². The lowest BCUT2D eigenvalue weighted by atomic mass is 10.0. The number of carbonyl (C=O) groups excluding carboxylic acids is 2. The maximum atomic E-state index is 13.3. The minimum absolute atomic E-state index is 0.0240. The number of anilines is 2. The van der Waals surface area contributed by atoms with Crippen LogP contribution in [0, 0.1) is 0 Å². The maximum absolute atomic E-state index is 13.3. The number of hydrogen-bond acceptors (Lipinski definition) is 7. The first kappa shape index (κ1) is 28.4. The molecule has 0 aliphatic carbocycles. The van der Waals surface area contributed by atoms with Crippen LogP contribution in [0.3, 0.4) is 0 Å². The van der Waals surface area contributed by atoms with Gasteiger partial charge < -0.3 is 19.9 Å². The molecule has 1 N–H and O–H groups in total. The Kier molecular flexibility index (Phi) is 8.37. The maximum Gasteiger partial charge on any atom is 0.410 e. The topological polar surface area (TPSA) is 95.3 Å². The van der Waals surface area contributed by atoms with Crippen LogP contribution in [0.25, 0.3) is 11.2 Å². The lowest BCUT2D eigenvalue weighted by Crippen LogP contribution is -2.38. The third-order valence-electron chi connectivity index (χ3n) is 8.20. The summed E-state index contributed by atoms with van der Waals surface area (Å²) < 4.78 is 6.89. The Bertz CT molecular complexity index is 1620. The van der Waals surface area contributed by atoms with Gasteiger partial charge in [0.15, 0.2) is 5.65 Å². The zero-order valence-electron chi connectivity index (χ0n) is 24.6. The van der Waals surface area contributed by atoms with Crippen LogP contribution < -0.4 is 5.32 Å². The van der Waals surface area contributed by atoms with Gasteiger partial charge in [-0.05, 0) is 67.3 Å². The van der Waals surface area contributed by atoms with Gasteiger partial charge in [0.2, 0.25) is 5.95 Å². The summed E-state index contributed by atoms with van der Waals surface area (Å²) in [5, 5.41) is 7.88. The van der Waals surface area contributed by atoms with Crippen molar-refractivity contribution in [3.05, 3.63) is 95.7 Å². The summed E-state index contributed by atoms with van der Waals surface area (Å²) in [6.45, 7) is 6.04. The molecular weight excluding hydrogens is 542 g/mol. The quantitative estimate of drug-likeness (QED) is 0.312. The molecule has 10 heteroatoms. The van der Waals surface area contributed by atoms with Crippen molar-refractivity contribution < 1.29 is 14.3 Å². The molecule has 0 radical (unpaired) electrons. The monoisotopic (exact) mass is 579 g/mol. The predicted molar refractivity (Wildman–Crippen MR) is 166 cm³/mol. The van der Waals surface area contributed by atoms with Crippen molar-refractivity contribution in [2.24, 2.45) is 0 Å². The van der Waals surface area contributed by atoms with Crippen LogP contribution in [0.4, 0.5) is 16.4 Å². The van der Waals surface area contributed by atoms with Crippen molar-refractivity contribution in [2.45, 2.75) is 32.4 Å². The fourth-order valence-electron chi connectivity index (χ4n) is 5.81. The smallest absolute Gasteiger partial charge is 0.410 e. The summed E-state index contributed by atoms with van der Waals surface area (Å²) in [5.41, 5.74) is 5.61. The third-order valence-corrected chi connectivity index (χ3v) is 8.20. The Balaban J connectivity index is 1.08. The standard InChI is InChI=1S/C33H37N7O3/c1-3-43-33(42)39-20-15-25(16-21-39)29-10-7-18-40-30(29)35-32(36-40)34-27-13-11-26(12-14-27)31(41)37(2)28-17-19-38(23-28)22-24-8-5-4-6-9-24/h4-15,18,28H,3,16-17,19-23H2,1-2H3,(H,34,36). The summed E-state index contributed by atoms with van der Waals surface area (Å²) in [6, 6.07) is 22.1. The molecule has 0 saturated carbocycles. The van der Waals surface area contributed by atoms with Crippen LogP contribution in [-0.4, -0.2) is 87.2 Å². The number of nitrogens with one attached hydrogen (secondary N) is 1. The van der Waals surface area contributed by atoms with Crippen molar-refractivity contribution in [1.82, 2.24) is 29.3 Å². The zero-order chi connectivity index (χ0) is 29.8. The molecule has 2 aliphatic rings. The highest BCUT2D eigenvalue weighted by Crippen LogP contribution is 2.27. The molecule has 2 aliphatic heterocycles.